The van der Waals surface area contributed by atoms with Gasteiger partial charge in [0.2, 0.25) is 0 Å². The summed E-state index contributed by atoms with van der Waals surface area (Å²) >= 11 is 1.97. The number of amidine groups is 1. The molecular formula is C21H31N3S. The van der Waals surface area contributed by atoms with E-state index < -0.39 is 0 Å². The molecule has 2 aliphatic heterocycles. The van der Waals surface area contributed by atoms with Crippen molar-refractivity contribution in [1.82, 2.24) is 10.2 Å². The average molecular weight is 358 g/mol. The Morgan fingerprint density at radius 3 is 2.56 bits per heavy atom. The average Bonchev–Trinajstić information content (AvgIpc) is 3.03. The van der Waals surface area contributed by atoms with Crippen molar-refractivity contribution in [2.24, 2.45) is 10.9 Å². The molecule has 3 aliphatic rings. The molecular weight excluding hydrogens is 326 g/mol. The minimum Gasteiger partial charge on any atom is -0.359 e. The minimum atomic E-state index is 0.365. The molecule has 3 fully saturated rings. The van der Waals surface area contributed by atoms with E-state index in [1.807, 2.05) is 11.8 Å². The number of thioether (sulfide) groups is 1. The molecule has 1 saturated carbocycles. The molecule has 1 N–H and O–H groups in total. The maximum absolute atomic E-state index is 5.09. The Hall–Kier alpha value is -1.00. The maximum Gasteiger partial charge on any atom is 0.157 e. The van der Waals surface area contributed by atoms with Gasteiger partial charge in [0.15, 0.2) is 5.17 Å². The molecule has 2 saturated heterocycles. The van der Waals surface area contributed by atoms with E-state index in [0.29, 0.717) is 11.6 Å². The standard InChI is InChI=1S/C21H31N3S/c1-17-7-11-21(12-8-17)16-25-20(23-21)22-19-9-13-24(14-10-19)15-18-5-3-2-4-6-18/h2-6,17,19H,7-16H2,1H3,(H,22,23). The first kappa shape index (κ1) is 17.4. The van der Waals surface area contributed by atoms with Crippen LogP contribution < -0.4 is 5.32 Å². The van der Waals surface area contributed by atoms with E-state index in [4.69, 9.17) is 4.99 Å². The van der Waals surface area contributed by atoms with Gasteiger partial charge in [-0.05, 0) is 50.0 Å². The Morgan fingerprint density at radius 2 is 1.84 bits per heavy atom. The number of likely N-dealkylation sites (tertiary alicyclic amines) is 1. The highest BCUT2D eigenvalue weighted by Crippen LogP contribution is 2.38. The fourth-order valence-corrected chi connectivity index (χ4v) is 5.66. The normalized spacial score (nSPS) is 33.0. The van der Waals surface area contributed by atoms with Gasteiger partial charge in [-0.15, -0.1) is 0 Å². The second kappa shape index (κ2) is 7.71. The van der Waals surface area contributed by atoms with Crippen LogP contribution in [0.1, 0.15) is 51.0 Å². The highest BCUT2D eigenvalue weighted by Gasteiger charge is 2.39. The Kier molecular flexibility index (Phi) is 5.37. The molecule has 0 unspecified atom stereocenters. The van der Waals surface area contributed by atoms with Gasteiger partial charge in [0.05, 0.1) is 6.04 Å². The molecule has 1 spiro atoms. The van der Waals surface area contributed by atoms with Crippen molar-refractivity contribution in [1.29, 1.82) is 0 Å². The molecule has 2 heterocycles. The fourth-order valence-electron chi connectivity index (χ4n) is 4.37. The largest absolute Gasteiger partial charge is 0.359 e. The van der Waals surface area contributed by atoms with Gasteiger partial charge in [0.1, 0.15) is 0 Å². The van der Waals surface area contributed by atoms with Gasteiger partial charge in [-0.2, -0.15) is 0 Å². The van der Waals surface area contributed by atoms with Gasteiger partial charge in [-0.3, -0.25) is 9.89 Å². The molecule has 0 aromatic heterocycles. The Labute approximate surface area is 156 Å². The summed E-state index contributed by atoms with van der Waals surface area (Å²) in [6.45, 7) is 5.82. The molecule has 4 heteroatoms. The Balaban J connectivity index is 1.26. The van der Waals surface area contributed by atoms with Crippen LogP contribution in [0.4, 0.5) is 0 Å². The number of hydrogen-bond donors (Lipinski definition) is 1. The van der Waals surface area contributed by atoms with E-state index in [1.165, 1.54) is 68.1 Å². The van der Waals surface area contributed by atoms with Gasteiger partial charge in [0, 0.05) is 30.9 Å². The maximum atomic E-state index is 5.09. The molecule has 0 radical (unpaired) electrons. The highest BCUT2D eigenvalue weighted by molar-refractivity contribution is 8.14. The first-order valence-electron chi connectivity index (χ1n) is 9.96. The molecule has 0 bridgehead atoms. The third-order valence-electron chi connectivity index (χ3n) is 6.19. The van der Waals surface area contributed by atoms with E-state index >= 15 is 0 Å². The number of aliphatic imine (C=N–C) groups is 1. The topological polar surface area (TPSA) is 27.6 Å². The quantitative estimate of drug-likeness (QED) is 0.874. The van der Waals surface area contributed by atoms with Gasteiger partial charge in [0.25, 0.3) is 0 Å². The molecule has 1 aliphatic carbocycles. The van der Waals surface area contributed by atoms with Gasteiger partial charge in [-0.1, -0.05) is 49.0 Å². The minimum absolute atomic E-state index is 0.365. The first-order valence-corrected chi connectivity index (χ1v) is 10.9. The number of hydrogen-bond acceptors (Lipinski definition) is 3. The molecule has 1 aromatic rings. The van der Waals surface area contributed by atoms with Gasteiger partial charge >= 0.3 is 0 Å². The van der Waals surface area contributed by atoms with E-state index in [1.54, 1.807) is 0 Å². The van der Waals surface area contributed by atoms with Crippen molar-refractivity contribution in [3.05, 3.63) is 35.9 Å². The lowest BCUT2D eigenvalue weighted by Gasteiger charge is -2.36. The molecule has 1 aromatic carbocycles. The van der Waals surface area contributed by atoms with Crippen LogP contribution in [0.3, 0.4) is 0 Å². The van der Waals surface area contributed by atoms with Crippen LogP contribution in [-0.2, 0) is 6.54 Å². The SMILES string of the molecule is CC1CCC2(CC1)CSC(=NC1CCN(Cc3ccccc3)CC1)N2. The summed E-state index contributed by atoms with van der Waals surface area (Å²) in [5.41, 5.74) is 1.79. The van der Waals surface area contributed by atoms with Crippen LogP contribution in [0.5, 0.6) is 0 Å². The summed E-state index contributed by atoms with van der Waals surface area (Å²) in [7, 11) is 0. The monoisotopic (exact) mass is 357 g/mol. The zero-order valence-electron chi connectivity index (χ0n) is 15.4. The second-order valence-electron chi connectivity index (χ2n) is 8.30. The predicted molar refractivity (Wildman–Crippen MR) is 108 cm³/mol. The predicted octanol–water partition coefficient (Wildman–Crippen LogP) is 4.29. The summed E-state index contributed by atoms with van der Waals surface area (Å²) in [6, 6.07) is 11.3. The van der Waals surface area contributed by atoms with Gasteiger partial charge in [-0.25, -0.2) is 0 Å². The van der Waals surface area contributed by atoms with Crippen LogP contribution in [0.2, 0.25) is 0 Å². The second-order valence-corrected chi connectivity index (χ2v) is 9.27. The Morgan fingerprint density at radius 1 is 1.12 bits per heavy atom. The number of rotatable bonds is 3. The third kappa shape index (κ3) is 4.40. The lowest BCUT2D eigenvalue weighted by Crippen LogP contribution is -2.46. The van der Waals surface area contributed by atoms with Crippen LogP contribution >= 0.6 is 11.8 Å². The van der Waals surface area contributed by atoms with Crippen LogP contribution in [0.15, 0.2) is 35.3 Å². The highest BCUT2D eigenvalue weighted by atomic mass is 32.2. The summed E-state index contributed by atoms with van der Waals surface area (Å²) in [5.74, 6) is 2.14. The fraction of sp³-hybridized carbons (Fsp3) is 0.667. The lowest BCUT2D eigenvalue weighted by molar-refractivity contribution is 0.206. The summed E-state index contributed by atoms with van der Waals surface area (Å²) in [4.78, 5) is 7.66. The smallest absolute Gasteiger partial charge is 0.157 e. The van der Waals surface area contributed by atoms with Crippen LogP contribution in [0.25, 0.3) is 0 Å². The number of benzene rings is 1. The number of piperidine rings is 1. The lowest BCUT2D eigenvalue weighted by atomic mass is 9.78. The van der Waals surface area contributed by atoms with Gasteiger partial charge < -0.3 is 5.32 Å². The number of nitrogens with zero attached hydrogens (tertiary/aromatic N) is 2. The van der Waals surface area contributed by atoms with Crippen molar-refractivity contribution in [3.63, 3.8) is 0 Å². The molecule has 0 atom stereocenters. The zero-order valence-corrected chi connectivity index (χ0v) is 16.2. The van der Waals surface area contributed by atoms with Crippen molar-refractivity contribution in [2.45, 2.75) is 63.6 Å². The van der Waals surface area contributed by atoms with E-state index in [-0.39, 0.29) is 0 Å². The van der Waals surface area contributed by atoms with E-state index in [0.717, 1.165) is 12.5 Å². The van der Waals surface area contributed by atoms with Crippen molar-refractivity contribution in [3.8, 4) is 0 Å². The summed E-state index contributed by atoms with van der Waals surface area (Å²) in [5, 5.41) is 5.06. The molecule has 25 heavy (non-hydrogen) atoms. The van der Waals surface area contributed by atoms with Crippen molar-refractivity contribution in [2.75, 3.05) is 18.8 Å². The Bertz CT molecular complexity index is 584. The zero-order chi connectivity index (χ0) is 17.1. The van der Waals surface area contributed by atoms with E-state index in [9.17, 15) is 0 Å². The molecule has 0 amide bonds. The third-order valence-corrected chi connectivity index (χ3v) is 7.37. The summed E-state index contributed by atoms with van der Waals surface area (Å²) < 4.78 is 0. The molecule has 3 nitrogen and oxygen atoms in total. The molecule has 4 rings (SSSR count). The summed E-state index contributed by atoms with van der Waals surface area (Å²) in [6.07, 6.45) is 7.80. The van der Waals surface area contributed by atoms with Crippen molar-refractivity contribution < 1.29 is 0 Å². The van der Waals surface area contributed by atoms with Crippen LogP contribution in [-0.4, -0.2) is 40.5 Å². The first-order chi connectivity index (χ1) is 12.2. The van der Waals surface area contributed by atoms with Crippen LogP contribution in [0, 0.1) is 5.92 Å². The number of nitrogens with one attached hydrogen (secondary N) is 1. The molecule has 136 valence electrons. The van der Waals surface area contributed by atoms with Crippen molar-refractivity contribution >= 4 is 16.9 Å². The van der Waals surface area contributed by atoms with E-state index in [2.05, 4.69) is 47.5 Å².